The maximum Gasteiger partial charge on any atom is 0.234 e. The Hall–Kier alpha value is -2.21. The zero-order valence-corrected chi connectivity index (χ0v) is 13.2. The number of amides is 1. The molecule has 0 atom stereocenters. The van der Waals surface area contributed by atoms with Gasteiger partial charge in [-0.3, -0.25) is 4.79 Å². The second-order valence-corrected chi connectivity index (χ2v) is 6.05. The van der Waals surface area contributed by atoms with Crippen LogP contribution in [0.4, 0.5) is 10.1 Å². The number of hydrogen-bond donors (Lipinski definition) is 1. The van der Waals surface area contributed by atoms with Gasteiger partial charge in [-0.2, -0.15) is 0 Å². The predicted octanol–water partition coefficient (Wildman–Crippen LogP) is 3.72. The lowest BCUT2D eigenvalue weighted by Gasteiger charge is -2.09. The van der Waals surface area contributed by atoms with Crippen LogP contribution in [0.3, 0.4) is 0 Å². The number of benzene rings is 2. The Morgan fingerprint density at radius 3 is 2.78 bits per heavy atom. The van der Waals surface area contributed by atoms with Gasteiger partial charge in [0.1, 0.15) is 5.82 Å². The molecule has 0 unspecified atom stereocenters. The van der Waals surface area contributed by atoms with Gasteiger partial charge in [-0.05, 0) is 36.4 Å². The molecule has 3 rings (SSSR count). The first kappa shape index (κ1) is 15.7. The molecule has 1 amide bonds. The summed E-state index contributed by atoms with van der Waals surface area (Å²) in [6.45, 7) is 1.27. The van der Waals surface area contributed by atoms with Crippen molar-refractivity contribution in [3.63, 3.8) is 0 Å². The highest BCUT2D eigenvalue weighted by Crippen LogP contribution is 2.33. The molecular weight excluding hydrogens is 317 g/mol. The number of halogens is 1. The van der Waals surface area contributed by atoms with Gasteiger partial charge in [0.05, 0.1) is 19.0 Å². The topological polar surface area (TPSA) is 47.6 Å². The third-order valence-corrected chi connectivity index (χ3v) is 4.19. The molecule has 0 saturated heterocycles. The minimum atomic E-state index is -0.377. The van der Waals surface area contributed by atoms with E-state index in [1.54, 1.807) is 12.1 Å². The number of carbonyl (C=O) groups excluding carboxylic acids is 1. The molecule has 4 nitrogen and oxygen atoms in total. The first-order valence-corrected chi connectivity index (χ1v) is 8.27. The van der Waals surface area contributed by atoms with E-state index in [1.165, 1.54) is 23.9 Å². The molecule has 2 aromatic rings. The first-order chi connectivity index (χ1) is 11.2. The second kappa shape index (κ2) is 7.37. The molecule has 0 fully saturated rings. The summed E-state index contributed by atoms with van der Waals surface area (Å²) in [6.07, 6.45) is 0.854. The summed E-state index contributed by atoms with van der Waals surface area (Å²) in [6, 6.07) is 11.5. The van der Waals surface area contributed by atoms with Crippen LogP contribution in [-0.2, 0) is 4.79 Å². The van der Waals surface area contributed by atoms with Crippen molar-refractivity contribution in [1.82, 2.24) is 0 Å². The average Bonchev–Trinajstić information content (AvgIpc) is 2.77. The van der Waals surface area contributed by atoms with E-state index in [0.717, 1.165) is 17.1 Å². The quantitative estimate of drug-likeness (QED) is 0.867. The zero-order valence-electron chi connectivity index (χ0n) is 12.4. The van der Waals surface area contributed by atoms with Crippen molar-refractivity contribution < 1.29 is 18.7 Å². The number of carbonyl (C=O) groups is 1. The molecule has 1 N–H and O–H groups in total. The summed E-state index contributed by atoms with van der Waals surface area (Å²) >= 11 is 1.39. The molecule has 0 spiro atoms. The number of nitrogens with one attached hydrogen (secondary N) is 1. The number of anilines is 1. The number of rotatable bonds is 4. The van der Waals surface area contributed by atoms with Crippen molar-refractivity contribution >= 4 is 23.4 Å². The lowest BCUT2D eigenvalue weighted by Crippen LogP contribution is -2.14. The average molecular weight is 333 g/mol. The highest BCUT2D eigenvalue weighted by atomic mass is 32.2. The molecule has 0 bridgehead atoms. The van der Waals surface area contributed by atoms with Gasteiger partial charge in [0, 0.05) is 17.0 Å². The monoisotopic (exact) mass is 333 g/mol. The van der Waals surface area contributed by atoms with Crippen molar-refractivity contribution in [3.8, 4) is 11.5 Å². The minimum Gasteiger partial charge on any atom is -0.490 e. The van der Waals surface area contributed by atoms with Crippen molar-refractivity contribution in [2.24, 2.45) is 0 Å². The van der Waals surface area contributed by atoms with Gasteiger partial charge in [0.25, 0.3) is 0 Å². The van der Waals surface area contributed by atoms with Crippen molar-refractivity contribution in [2.45, 2.75) is 11.3 Å². The fourth-order valence-electron chi connectivity index (χ4n) is 2.15. The second-order valence-electron chi connectivity index (χ2n) is 5.01. The number of ether oxygens (including phenoxy) is 2. The van der Waals surface area contributed by atoms with Crippen LogP contribution in [0.15, 0.2) is 47.4 Å². The molecule has 0 aromatic heterocycles. The van der Waals surface area contributed by atoms with E-state index in [-0.39, 0.29) is 17.5 Å². The summed E-state index contributed by atoms with van der Waals surface area (Å²) in [4.78, 5) is 12.9. The molecule has 1 aliphatic heterocycles. The minimum absolute atomic E-state index is 0.187. The Labute approximate surface area is 138 Å². The molecule has 23 heavy (non-hydrogen) atoms. The highest BCUT2D eigenvalue weighted by Gasteiger charge is 2.12. The summed E-state index contributed by atoms with van der Waals surface area (Å²) in [5.74, 6) is 1.11. The van der Waals surface area contributed by atoms with Crippen LogP contribution in [0.5, 0.6) is 11.5 Å². The van der Waals surface area contributed by atoms with Crippen LogP contribution in [0.25, 0.3) is 0 Å². The van der Waals surface area contributed by atoms with Gasteiger partial charge in [-0.1, -0.05) is 6.07 Å². The summed E-state index contributed by atoms with van der Waals surface area (Å²) in [5.41, 5.74) is 0.453. The normalized spacial score (nSPS) is 13.3. The maximum atomic E-state index is 13.1. The van der Waals surface area contributed by atoms with Crippen molar-refractivity contribution in [3.05, 3.63) is 48.3 Å². The predicted molar refractivity (Wildman–Crippen MR) is 87.8 cm³/mol. The Balaban J connectivity index is 1.57. The first-order valence-electron chi connectivity index (χ1n) is 7.28. The Bertz CT molecular complexity index is 708. The third kappa shape index (κ3) is 4.39. The largest absolute Gasteiger partial charge is 0.490 e. The molecule has 1 heterocycles. The SMILES string of the molecule is O=C(CSc1ccc2c(c1)OCCCO2)Nc1cccc(F)c1. The smallest absolute Gasteiger partial charge is 0.234 e. The van der Waals surface area contributed by atoms with Crippen LogP contribution in [-0.4, -0.2) is 24.9 Å². The van der Waals surface area contributed by atoms with Crippen LogP contribution in [0, 0.1) is 5.82 Å². The van der Waals surface area contributed by atoms with E-state index in [0.29, 0.717) is 24.7 Å². The summed E-state index contributed by atoms with van der Waals surface area (Å²) < 4.78 is 24.3. The van der Waals surface area contributed by atoms with Gasteiger partial charge < -0.3 is 14.8 Å². The molecule has 6 heteroatoms. The Morgan fingerprint density at radius 2 is 1.96 bits per heavy atom. The highest BCUT2D eigenvalue weighted by molar-refractivity contribution is 8.00. The fraction of sp³-hybridized carbons (Fsp3) is 0.235. The van der Waals surface area contributed by atoms with Crippen molar-refractivity contribution in [1.29, 1.82) is 0 Å². The molecule has 2 aromatic carbocycles. The zero-order chi connectivity index (χ0) is 16.1. The summed E-state index contributed by atoms with van der Waals surface area (Å²) in [7, 11) is 0. The molecule has 0 radical (unpaired) electrons. The number of fused-ring (bicyclic) bond motifs is 1. The van der Waals surface area contributed by atoms with E-state index < -0.39 is 0 Å². The number of hydrogen-bond acceptors (Lipinski definition) is 4. The maximum absolute atomic E-state index is 13.1. The Morgan fingerprint density at radius 1 is 1.13 bits per heavy atom. The lowest BCUT2D eigenvalue weighted by molar-refractivity contribution is -0.113. The molecular formula is C17H16FNO3S. The van der Waals surface area contributed by atoms with E-state index in [1.807, 2.05) is 18.2 Å². The van der Waals surface area contributed by atoms with E-state index in [2.05, 4.69) is 5.32 Å². The van der Waals surface area contributed by atoms with Gasteiger partial charge in [-0.15, -0.1) is 11.8 Å². The van der Waals surface area contributed by atoms with Crippen LogP contribution in [0.2, 0.25) is 0 Å². The van der Waals surface area contributed by atoms with Gasteiger partial charge in [0.15, 0.2) is 11.5 Å². The van der Waals surface area contributed by atoms with Crippen molar-refractivity contribution in [2.75, 3.05) is 24.3 Å². The van der Waals surface area contributed by atoms with Gasteiger partial charge in [-0.25, -0.2) is 4.39 Å². The van der Waals surface area contributed by atoms with E-state index >= 15 is 0 Å². The summed E-state index contributed by atoms with van der Waals surface area (Å²) in [5, 5.41) is 2.67. The molecule has 120 valence electrons. The van der Waals surface area contributed by atoms with Crippen LogP contribution >= 0.6 is 11.8 Å². The Kier molecular flexibility index (Phi) is 5.02. The number of thioether (sulfide) groups is 1. The third-order valence-electron chi connectivity index (χ3n) is 3.20. The van der Waals surface area contributed by atoms with Crippen LogP contribution in [0.1, 0.15) is 6.42 Å². The standard InChI is InChI=1S/C17H16FNO3S/c18-12-3-1-4-13(9-12)19-17(20)11-23-14-5-6-15-16(10-14)22-8-2-7-21-15/h1,3-6,9-10H,2,7-8,11H2,(H,19,20). The lowest BCUT2D eigenvalue weighted by atomic mass is 10.3. The van der Waals surface area contributed by atoms with Crippen LogP contribution < -0.4 is 14.8 Å². The fourth-order valence-corrected chi connectivity index (χ4v) is 2.87. The van der Waals surface area contributed by atoms with Gasteiger partial charge in [0.2, 0.25) is 5.91 Å². The molecule has 1 aliphatic rings. The van der Waals surface area contributed by atoms with E-state index in [9.17, 15) is 9.18 Å². The molecule has 0 saturated carbocycles. The van der Waals surface area contributed by atoms with Gasteiger partial charge >= 0.3 is 0 Å². The van der Waals surface area contributed by atoms with E-state index in [4.69, 9.17) is 9.47 Å². The molecule has 0 aliphatic carbocycles.